The number of hydrogen-bond donors (Lipinski definition) is 2. The number of sulfone groups is 1. The third-order valence-electron chi connectivity index (χ3n) is 3.18. The molecular formula is C14H26N4O2S2. The van der Waals surface area contributed by atoms with Crippen molar-refractivity contribution in [1.82, 2.24) is 15.6 Å². The van der Waals surface area contributed by atoms with E-state index in [1.54, 1.807) is 39.2 Å². The molecular weight excluding hydrogens is 320 g/mol. The molecule has 0 fully saturated rings. The smallest absolute Gasteiger partial charge is 0.191 e. The topological polar surface area (TPSA) is 83.4 Å². The van der Waals surface area contributed by atoms with Gasteiger partial charge < -0.3 is 10.6 Å². The van der Waals surface area contributed by atoms with Crippen LogP contribution in [-0.2, 0) is 22.8 Å². The number of aromatic nitrogens is 1. The van der Waals surface area contributed by atoms with Crippen molar-refractivity contribution in [2.45, 2.75) is 45.4 Å². The lowest BCUT2D eigenvalue weighted by Crippen LogP contribution is -2.41. The van der Waals surface area contributed by atoms with Crippen LogP contribution >= 0.6 is 11.3 Å². The minimum Gasteiger partial charge on any atom is -0.355 e. The number of hydrogen-bond acceptors (Lipinski definition) is 5. The molecule has 0 aliphatic rings. The standard InChI is InChI=1S/C14H26N4O2S2/c1-6-11-9-17-12(21-11)10-18-13(15-5)16-7-8-22(19,20)14(2,3)4/h9H,6-8,10H2,1-5H3,(H2,15,16,18). The van der Waals surface area contributed by atoms with Gasteiger partial charge in [-0.25, -0.2) is 13.4 Å². The molecule has 8 heteroatoms. The third kappa shape index (κ3) is 5.57. The van der Waals surface area contributed by atoms with Crippen molar-refractivity contribution in [2.75, 3.05) is 19.3 Å². The Kier molecular flexibility index (Phi) is 6.80. The molecule has 0 unspecified atom stereocenters. The maximum absolute atomic E-state index is 12.0. The first-order valence-electron chi connectivity index (χ1n) is 7.30. The first-order chi connectivity index (χ1) is 10.2. The van der Waals surface area contributed by atoms with Crippen molar-refractivity contribution in [2.24, 2.45) is 4.99 Å². The predicted molar refractivity (Wildman–Crippen MR) is 93.2 cm³/mol. The van der Waals surface area contributed by atoms with Crippen molar-refractivity contribution in [3.63, 3.8) is 0 Å². The van der Waals surface area contributed by atoms with Gasteiger partial charge in [0.2, 0.25) is 0 Å². The van der Waals surface area contributed by atoms with Gasteiger partial charge in [-0.05, 0) is 27.2 Å². The summed E-state index contributed by atoms with van der Waals surface area (Å²) in [5, 5.41) is 7.15. The molecule has 1 heterocycles. The van der Waals surface area contributed by atoms with Crippen LogP contribution in [0.4, 0.5) is 0 Å². The Hall–Kier alpha value is -1.15. The van der Waals surface area contributed by atoms with Gasteiger partial charge in [0.1, 0.15) is 5.01 Å². The highest BCUT2D eigenvalue weighted by atomic mass is 32.2. The lowest BCUT2D eigenvalue weighted by Gasteiger charge is -2.19. The van der Waals surface area contributed by atoms with Gasteiger partial charge in [-0.15, -0.1) is 11.3 Å². The molecule has 1 rings (SSSR count). The highest BCUT2D eigenvalue weighted by Gasteiger charge is 2.28. The first kappa shape index (κ1) is 18.9. The Morgan fingerprint density at radius 2 is 2.05 bits per heavy atom. The molecule has 1 aromatic heterocycles. The molecule has 22 heavy (non-hydrogen) atoms. The summed E-state index contributed by atoms with van der Waals surface area (Å²) in [6.07, 6.45) is 2.86. The molecule has 2 N–H and O–H groups in total. The molecule has 0 atom stereocenters. The van der Waals surface area contributed by atoms with Crippen LogP contribution in [0.5, 0.6) is 0 Å². The second kappa shape index (κ2) is 7.92. The number of aliphatic imine (C=N–C) groups is 1. The van der Waals surface area contributed by atoms with E-state index in [9.17, 15) is 8.42 Å². The van der Waals surface area contributed by atoms with E-state index in [0.29, 0.717) is 19.0 Å². The van der Waals surface area contributed by atoms with Crippen LogP contribution < -0.4 is 10.6 Å². The van der Waals surface area contributed by atoms with E-state index in [1.165, 1.54) is 4.88 Å². The van der Waals surface area contributed by atoms with Crippen molar-refractivity contribution in [1.29, 1.82) is 0 Å². The Bertz CT molecular complexity index is 601. The molecule has 0 bridgehead atoms. The zero-order valence-corrected chi connectivity index (χ0v) is 15.6. The van der Waals surface area contributed by atoms with Crippen molar-refractivity contribution >= 4 is 27.1 Å². The van der Waals surface area contributed by atoms with Crippen molar-refractivity contribution in [3.05, 3.63) is 16.1 Å². The minimum absolute atomic E-state index is 0.0778. The zero-order chi connectivity index (χ0) is 16.8. The molecule has 0 saturated heterocycles. The summed E-state index contributed by atoms with van der Waals surface area (Å²) in [6, 6.07) is 0. The highest BCUT2D eigenvalue weighted by molar-refractivity contribution is 7.92. The van der Waals surface area contributed by atoms with Gasteiger partial charge in [0, 0.05) is 24.7 Å². The Balaban J connectivity index is 2.43. The molecule has 0 radical (unpaired) electrons. The Morgan fingerprint density at radius 1 is 1.36 bits per heavy atom. The molecule has 126 valence electrons. The number of nitrogens with one attached hydrogen (secondary N) is 2. The van der Waals surface area contributed by atoms with Crippen molar-refractivity contribution < 1.29 is 8.42 Å². The van der Waals surface area contributed by atoms with Crippen LogP contribution in [0.2, 0.25) is 0 Å². The highest BCUT2D eigenvalue weighted by Crippen LogP contribution is 2.15. The third-order valence-corrected chi connectivity index (χ3v) is 6.93. The molecule has 0 aliphatic carbocycles. The summed E-state index contributed by atoms with van der Waals surface area (Å²) in [4.78, 5) is 9.66. The minimum atomic E-state index is -3.12. The molecule has 0 saturated carbocycles. The van der Waals surface area contributed by atoms with Crippen LogP contribution in [0.3, 0.4) is 0 Å². The van der Waals surface area contributed by atoms with Gasteiger partial charge in [-0.2, -0.15) is 0 Å². The van der Waals surface area contributed by atoms with E-state index in [-0.39, 0.29) is 5.75 Å². The molecule has 0 aliphatic heterocycles. The molecule has 0 spiro atoms. The predicted octanol–water partition coefficient (Wildman–Crippen LogP) is 1.58. The van der Waals surface area contributed by atoms with E-state index >= 15 is 0 Å². The maximum Gasteiger partial charge on any atom is 0.191 e. The van der Waals surface area contributed by atoms with Crippen LogP contribution in [0.25, 0.3) is 0 Å². The lowest BCUT2D eigenvalue weighted by atomic mass is 10.3. The summed E-state index contributed by atoms with van der Waals surface area (Å²) in [6.45, 7) is 8.14. The SMILES string of the molecule is CCc1cnc(CNC(=NC)NCCS(=O)(=O)C(C)(C)C)s1. The van der Waals surface area contributed by atoms with Gasteiger partial charge in [0.05, 0.1) is 17.0 Å². The van der Waals surface area contributed by atoms with E-state index in [0.717, 1.165) is 11.4 Å². The van der Waals surface area contributed by atoms with Gasteiger partial charge >= 0.3 is 0 Å². The summed E-state index contributed by atoms with van der Waals surface area (Å²) in [5.74, 6) is 0.659. The average Bonchev–Trinajstić information content (AvgIpc) is 2.89. The Morgan fingerprint density at radius 3 is 2.55 bits per heavy atom. The van der Waals surface area contributed by atoms with Crippen LogP contribution in [-0.4, -0.2) is 43.5 Å². The van der Waals surface area contributed by atoms with Crippen molar-refractivity contribution in [3.8, 4) is 0 Å². The second-order valence-corrected chi connectivity index (χ2v) is 9.92. The zero-order valence-electron chi connectivity index (χ0n) is 13.9. The number of nitrogens with zero attached hydrogens (tertiary/aromatic N) is 2. The molecule has 0 aromatic carbocycles. The average molecular weight is 347 g/mol. The number of rotatable bonds is 6. The fourth-order valence-corrected chi connectivity index (χ4v) is 3.37. The van der Waals surface area contributed by atoms with Crippen LogP contribution in [0.1, 0.15) is 37.6 Å². The summed E-state index contributed by atoms with van der Waals surface area (Å²) in [7, 11) is -1.46. The van der Waals surface area contributed by atoms with Gasteiger partial charge in [-0.1, -0.05) is 6.92 Å². The lowest BCUT2D eigenvalue weighted by molar-refractivity contribution is 0.559. The fourth-order valence-electron chi connectivity index (χ4n) is 1.58. The van der Waals surface area contributed by atoms with Crippen LogP contribution in [0, 0.1) is 0 Å². The van der Waals surface area contributed by atoms with E-state index in [2.05, 4.69) is 27.5 Å². The maximum atomic E-state index is 12.0. The fraction of sp³-hybridized carbons (Fsp3) is 0.714. The molecule has 1 aromatic rings. The normalized spacial score (nSPS) is 13.2. The number of aryl methyl sites for hydroxylation is 1. The summed E-state index contributed by atoms with van der Waals surface area (Å²) < 4.78 is 23.3. The Labute approximate surface area is 137 Å². The van der Waals surface area contributed by atoms with Gasteiger partial charge in [-0.3, -0.25) is 4.99 Å². The van der Waals surface area contributed by atoms with E-state index in [1.807, 2.05) is 6.20 Å². The largest absolute Gasteiger partial charge is 0.355 e. The van der Waals surface area contributed by atoms with Gasteiger partial charge in [0.15, 0.2) is 15.8 Å². The quantitative estimate of drug-likeness (QED) is 0.604. The molecule has 0 amide bonds. The van der Waals surface area contributed by atoms with Crippen LogP contribution in [0.15, 0.2) is 11.2 Å². The summed E-state index contributed by atoms with van der Waals surface area (Å²) >= 11 is 1.66. The monoisotopic (exact) mass is 346 g/mol. The van der Waals surface area contributed by atoms with Gasteiger partial charge in [0.25, 0.3) is 0 Å². The van der Waals surface area contributed by atoms with E-state index in [4.69, 9.17) is 0 Å². The first-order valence-corrected chi connectivity index (χ1v) is 9.77. The summed E-state index contributed by atoms with van der Waals surface area (Å²) in [5.41, 5.74) is 0. The van der Waals surface area contributed by atoms with E-state index < -0.39 is 14.6 Å². The number of guanidine groups is 1. The second-order valence-electron chi connectivity index (χ2n) is 5.86. The number of thiazole rings is 1. The molecule has 6 nitrogen and oxygen atoms in total.